The largest absolute Gasteiger partial charge is 0.477 e. The highest BCUT2D eigenvalue weighted by atomic mass is 35.5. The molecule has 0 atom stereocenters. The van der Waals surface area contributed by atoms with Crippen LogP contribution in [0.3, 0.4) is 0 Å². The van der Waals surface area contributed by atoms with Crippen molar-refractivity contribution in [2.45, 2.75) is 0 Å². The number of hydrogen-bond donors (Lipinski definition) is 1. The van der Waals surface area contributed by atoms with E-state index in [0.29, 0.717) is 10.1 Å². The van der Waals surface area contributed by atoms with Gasteiger partial charge in [0.25, 0.3) is 0 Å². The fourth-order valence-corrected chi connectivity index (χ4v) is 4.45. The van der Waals surface area contributed by atoms with E-state index >= 15 is 0 Å². The van der Waals surface area contributed by atoms with Crippen molar-refractivity contribution in [1.82, 2.24) is 0 Å². The second-order valence-electron chi connectivity index (χ2n) is 4.12. The Morgan fingerprint density at radius 1 is 1.18 bits per heavy atom. The molecular formula is C14H10Cl2O3S3. The number of carboxylic acids is 1. The van der Waals surface area contributed by atoms with E-state index in [0.717, 1.165) is 15.6 Å². The Morgan fingerprint density at radius 3 is 2.36 bits per heavy atom. The van der Waals surface area contributed by atoms with Crippen LogP contribution in [0.4, 0.5) is 0 Å². The highest BCUT2D eigenvalue weighted by Gasteiger charge is 2.19. The molecule has 3 nitrogen and oxygen atoms in total. The van der Waals surface area contributed by atoms with E-state index in [4.69, 9.17) is 28.3 Å². The smallest absolute Gasteiger partial charge is 0.345 e. The van der Waals surface area contributed by atoms with Crippen LogP contribution in [-0.4, -0.2) is 29.4 Å². The van der Waals surface area contributed by atoms with E-state index in [9.17, 15) is 9.59 Å². The van der Waals surface area contributed by atoms with Crippen LogP contribution in [0.15, 0.2) is 22.4 Å². The fourth-order valence-electron chi connectivity index (χ4n) is 1.79. The van der Waals surface area contributed by atoms with Crippen LogP contribution in [-0.2, 0) is 0 Å². The van der Waals surface area contributed by atoms with Crippen molar-refractivity contribution in [2.24, 2.45) is 0 Å². The van der Waals surface area contributed by atoms with E-state index in [2.05, 4.69) is 0 Å². The lowest BCUT2D eigenvalue weighted by molar-refractivity contribution is 0.0702. The number of fused-ring (bicyclic) bond motifs is 1. The molecule has 2 aromatic rings. The average Bonchev–Trinajstić information content (AvgIpc) is 2.92. The number of aromatic carboxylic acids is 1. The monoisotopic (exact) mass is 392 g/mol. The first kappa shape index (κ1) is 17.7. The number of carbonyl (C=O) groups is 2. The Kier molecular flexibility index (Phi) is 5.85. The van der Waals surface area contributed by atoms with Gasteiger partial charge in [-0.1, -0.05) is 23.2 Å². The number of carboxylic acid groups (broad SMARTS) is 1. The van der Waals surface area contributed by atoms with Gasteiger partial charge >= 0.3 is 5.97 Å². The number of halogens is 2. The van der Waals surface area contributed by atoms with Crippen LogP contribution in [0, 0.1) is 0 Å². The maximum atomic E-state index is 12.4. The van der Waals surface area contributed by atoms with Gasteiger partial charge in [0.15, 0.2) is 5.78 Å². The highest BCUT2D eigenvalue weighted by Crippen LogP contribution is 2.39. The van der Waals surface area contributed by atoms with Crippen LogP contribution in [0.2, 0.25) is 10.0 Å². The minimum atomic E-state index is -1.03. The Labute approximate surface area is 149 Å². The number of allylic oxidation sites excluding steroid dienone is 1. The van der Waals surface area contributed by atoms with Crippen LogP contribution < -0.4 is 0 Å². The van der Waals surface area contributed by atoms with Gasteiger partial charge in [-0.25, -0.2) is 4.79 Å². The number of ketones is 1. The molecule has 1 aromatic heterocycles. The van der Waals surface area contributed by atoms with Crippen LogP contribution in [0.5, 0.6) is 0 Å². The van der Waals surface area contributed by atoms with Gasteiger partial charge in [0.1, 0.15) is 4.88 Å². The Morgan fingerprint density at radius 2 is 1.82 bits per heavy atom. The maximum Gasteiger partial charge on any atom is 0.345 e. The quantitative estimate of drug-likeness (QED) is 0.525. The third kappa shape index (κ3) is 3.46. The van der Waals surface area contributed by atoms with Gasteiger partial charge in [-0.2, -0.15) is 0 Å². The van der Waals surface area contributed by atoms with Crippen molar-refractivity contribution in [1.29, 1.82) is 0 Å². The average molecular weight is 393 g/mol. The van der Waals surface area contributed by atoms with E-state index in [-0.39, 0.29) is 26.3 Å². The summed E-state index contributed by atoms with van der Waals surface area (Å²) in [5, 5.41) is 10.0. The number of rotatable bonds is 5. The molecule has 0 amide bonds. The van der Waals surface area contributed by atoms with E-state index < -0.39 is 5.97 Å². The second kappa shape index (κ2) is 7.27. The van der Waals surface area contributed by atoms with Gasteiger partial charge in [-0.15, -0.1) is 34.9 Å². The molecule has 8 heteroatoms. The van der Waals surface area contributed by atoms with Gasteiger partial charge in [-0.3, -0.25) is 4.79 Å². The molecule has 0 aliphatic carbocycles. The van der Waals surface area contributed by atoms with Crippen molar-refractivity contribution in [3.05, 3.63) is 42.9 Å². The molecule has 0 saturated carbocycles. The third-order valence-corrected chi connectivity index (χ3v) is 6.99. The molecule has 0 bridgehead atoms. The highest BCUT2D eigenvalue weighted by molar-refractivity contribution is 8.21. The Bertz CT molecular complexity index is 790. The first-order valence-corrected chi connectivity index (χ1v) is 9.90. The molecule has 1 aromatic carbocycles. The minimum Gasteiger partial charge on any atom is -0.477 e. The molecule has 0 unspecified atom stereocenters. The molecule has 0 saturated heterocycles. The zero-order valence-corrected chi connectivity index (χ0v) is 15.4. The summed E-state index contributed by atoms with van der Waals surface area (Å²) >= 11 is 16.4. The van der Waals surface area contributed by atoms with Crippen molar-refractivity contribution < 1.29 is 14.7 Å². The lowest BCUT2D eigenvalue weighted by Gasteiger charge is -2.05. The molecule has 0 radical (unpaired) electrons. The summed E-state index contributed by atoms with van der Waals surface area (Å²) in [5.74, 6) is -1.29. The van der Waals surface area contributed by atoms with Crippen molar-refractivity contribution in [3.8, 4) is 0 Å². The fraction of sp³-hybridized carbons (Fsp3) is 0.143. The van der Waals surface area contributed by atoms with Crippen LogP contribution >= 0.6 is 58.1 Å². The summed E-state index contributed by atoms with van der Waals surface area (Å²) in [6.07, 6.45) is 5.26. The predicted octanol–water partition coefficient (Wildman–Crippen LogP) is 5.66. The maximum absolute atomic E-state index is 12.4. The second-order valence-corrected chi connectivity index (χ2v) is 7.88. The van der Waals surface area contributed by atoms with Crippen LogP contribution in [0.1, 0.15) is 20.0 Å². The normalized spacial score (nSPS) is 10.7. The molecule has 116 valence electrons. The predicted molar refractivity (Wildman–Crippen MR) is 98.2 cm³/mol. The summed E-state index contributed by atoms with van der Waals surface area (Å²) in [7, 11) is 0. The third-order valence-electron chi connectivity index (χ3n) is 2.82. The van der Waals surface area contributed by atoms with Crippen LogP contribution in [0.25, 0.3) is 10.1 Å². The zero-order chi connectivity index (χ0) is 16.4. The SMILES string of the molecule is CSC(=CC(=O)c1cc2cc(C(=O)O)sc2c(Cl)c1Cl)SC. The summed E-state index contributed by atoms with van der Waals surface area (Å²) in [6, 6.07) is 3.08. The van der Waals surface area contributed by atoms with E-state index in [1.807, 2.05) is 12.5 Å². The number of hydrogen-bond acceptors (Lipinski definition) is 5. The molecule has 22 heavy (non-hydrogen) atoms. The van der Waals surface area contributed by atoms with Crippen molar-refractivity contribution >= 4 is 79.9 Å². The Hall–Kier alpha value is -0.660. The van der Waals surface area contributed by atoms with Crippen molar-refractivity contribution in [3.63, 3.8) is 0 Å². The molecule has 0 aliphatic rings. The molecule has 0 spiro atoms. The van der Waals surface area contributed by atoms with Gasteiger partial charge in [0.05, 0.1) is 14.7 Å². The van der Waals surface area contributed by atoms with Gasteiger partial charge in [0, 0.05) is 15.9 Å². The lowest BCUT2D eigenvalue weighted by atomic mass is 10.1. The minimum absolute atomic E-state index is 0.149. The first-order chi connectivity index (χ1) is 10.4. The summed E-state index contributed by atoms with van der Waals surface area (Å²) in [6.45, 7) is 0. The molecular weight excluding hydrogens is 383 g/mol. The molecule has 0 aliphatic heterocycles. The topological polar surface area (TPSA) is 54.4 Å². The Balaban J connectivity index is 2.60. The first-order valence-electron chi connectivity index (χ1n) is 5.87. The molecule has 2 rings (SSSR count). The summed E-state index contributed by atoms with van der Waals surface area (Å²) < 4.78 is 1.42. The van der Waals surface area contributed by atoms with E-state index in [1.165, 1.54) is 35.7 Å². The standard InChI is InChI=1S/C14H10Cl2O3S3/c1-20-10(21-2)5-8(17)7-3-6-4-9(14(18)19)22-13(6)12(16)11(7)15/h3-5H,1-2H3,(H,18,19). The number of thioether (sulfide) groups is 2. The lowest BCUT2D eigenvalue weighted by Crippen LogP contribution is -1.97. The number of benzene rings is 1. The molecule has 1 N–H and O–H groups in total. The summed E-state index contributed by atoms with van der Waals surface area (Å²) in [5.41, 5.74) is 0.273. The molecule has 0 fully saturated rings. The molecule has 1 heterocycles. The van der Waals surface area contributed by atoms with E-state index in [1.54, 1.807) is 6.07 Å². The van der Waals surface area contributed by atoms with Gasteiger partial charge in [-0.05, 0) is 30.0 Å². The summed E-state index contributed by atoms with van der Waals surface area (Å²) in [4.78, 5) is 23.6. The number of carbonyl (C=O) groups excluding carboxylic acids is 1. The zero-order valence-electron chi connectivity index (χ0n) is 11.5. The van der Waals surface area contributed by atoms with Gasteiger partial charge in [0.2, 0.25) is 0 Å². The van der Waals surface area contributed by atoms with Gasteiger partial charge < -0.3 is 5.11 Å². The number of thiophene rings is 1. The van der Waals surface area contributed by atoms with Crippen molar-refractivity contribution in [2.75, 3.05) is 12.5 Å².